The van der Waals surface area contributed by atoms with E-state index in [0.717, 1.165) is 52.3 Å². The zero-order valence-electron chi connectivity index (χ0n) is 18.5. The molecular formula is C24H28N4O4. The minimum absolute atomic E-state index is 0.304. The molecule has 4 rings (SSSR count). The van der Waals surface area contributed by atoms with E-state index in [9.17, 15) is 9.90 Å². The molecule has 32 heavy (non-hydrogen) atoms. The molecule has 8 nitrogen and oxygen atoms in total. The van der Waals surface area contributed by atoms with E-state index in [4.69, 9.17) is 19.4 Å². The number of carboxylic acids is 1. The lowest BCUT2D eigenvalue weighted by Gasteiger charge is -2.32. The zero-order chi connectivity index (χ0) is 22.5. The number of hydrogen-bond donors (Lipinski definition) is 1. The molecule has 1 saturated heterocycles. The van der Waals surface area contributed by atoms with Crippen LogP contribution >= 0.6 is 0 Å². The largest absolute Gasteiger partial charge is 0.497 e. The second-order valence-corrected chi connectivity index (χ2v) is 7.97. The second-order valence-electron chi connectivity index (χ2n) is 7.97. The van der Waals surface area contributed by atoms with Gasteiger partial charge in [0.25, 0.3) is 0 Å². The Hall–Kier alpha value is -3.26. The zero-order valence-corrected chi connectivity index (χ0v) is 18.5. The first-order valence-electron chi connectivity index (χ1n) is 10.9. The first-order chi connectivity index (χ1) is 15.6. The molecule has 1 N–H and O–H groups in total. The summed E-state index contributed by atoms with van der Waals surface area (Å²) in [6.07, 6.45) is 6.42. The Bertz CT molecular complexity index is 1100. The number of rotatable bonds is 8. The van der Waals surface area contributed by atoms with Crippen LogP contribution in [0.3, 0.4) is 0 Å². The van der Waals surface area contributed by atoms with Gasteiger partial charge in [0.1, 0.15) is 11.4 Å². The Kier molecular flexibility index (Phi) is 6.80. The Balaban J connectivity index is 1.74. The van der Waals surface area contributed by atoms with E-state index in [0.29, 0.717) is 32.5 Å². The maximum atomic E-state index is 11.4. The van der Waals surface area contributed by atoms with Gasteiger partial charge in [-0.3, -0.25) is 14.8 Å². The number of methoxy groups -OCH3 is 2. The molecule has 2 aromatic heterocycles. The summed E-state index contributed by atoms with van der Waals surface area (Å²) < 4.78 is 10.5. The van der Waals surface area contributed by atoms with Crippen LogP contribution in [0.4, 0.5) is 5.82 Å². The fraction of sp³-hybridized carbons (Fsp3) is 0.417. The number of piperidine rings is 1. The smallest absolute Gasteiger partial charge is 0.306 e. The Labute approximate surface area is 187 Å². The van der Waals surface area contributed by atoms with Crippen molar-refractivity contribution in [3.8, 4) is 17.0 Å². The van der Waals surface area contributed by atoms with Crippen molar-refractivity contribution in [1.82, 2.24) is 15.0 Å². The molecular weight excluding hydrogens is 408 g/mol. The van der Waals surface area contributed by atoms with Crippen LogP contribution in [0.15, 0.2) is 36.7 Å². The van der Waals surface area contributed by atoms with E-state index >= 15 is 0 Å². The highest BCUT2D eigenvalue weighted by molar-refractivity contribution is 5.96. The molecule has 0 amide bonds. The number of aryl methyl sites for hydroxylation is 1. The predicted octanol–water partition coefficient (Wildman–Crippen LogP) is 3.58. The minimum Gasteiger partial charge on any atom is -0.497 e. The topological polar surface area (TPSA) is 97.7 Å². The third-order valence-corrected chi connectivity index (χ3v) is 5.93. The molecule has 1 fully saturated rings. The summed E-state index contributed by atoms with van der Waals surface area (Å²) in [6, 6.07) is 7.77. The molecule has 1 aromatic carbocycles. The first-order valence-corrected chi connectivity index (χ1v) is 10.9. The van der Waals surface area contributed by atoms with Crippen LogP contribution < -0.4 is 9.64 Å². The lowest BCUT2D eigenvalue weighted by molar-refractivity contribution is -0.142. The Morgan fingerprint density at radius 3 is 2.72 bits per heavy atom. The molecule has 0 radical (unpaired) electrons. The molecule has 3 aromatic rings. The van der Waals surface area contributed by atoms with Crippen LogP contribution in [0.1, 0.15) is 25.0 Å². The number of hydrogen-bond acceptors (Lipinski definition) is 7. The summed E-state index contributed by atoms with van der Waals surface area (Å²) in [4.78, 5) is 27.9. The summed E-state index contributed by atoms with van der Waals surface area (Å²) in [5.74, 6) is 0.518. The van der Waals surface area contributed by atoms with Gasteiger partial charge in [0.15, 0.2) is 5.82 Å². The van der Waals surface area contributed by atoms with Crippen LogP contribution in [0.2, 0.25) is 0 Å². The predicted molar refractivity (Wildman–Crippen MR) is 122 cm³/mol. The first kappa shape index (κ1) is 22.0. The van der Waals surface area contributed by atoms with Gasteiger partial charge in [-0.25, -0.2) is 4.98 Å². The molecule has 1 aliphatic heterocycles. The molecule has 0 aliphatic carbocycles. The van der Waals surface area contributed by atoms with Crippen molar-refractivity contribution in [2.75, 3.05) is 38.8 Å². The SMILES string of the molecule is COCCCc1cnc(-c2ccnc3cc(OC)ccc23)c(N2CCC(C(=O)O)CC2)n1. The molecule has 8 heteroatoms. The van der Waals surface area contributed by atoms with Gasteiger partial charge in [-0.05, 0) is 43.9 Å². The van der Waals surface area contributed by atoms with Gasteiger partial charge < -0.3 is 19.5 Å². The summed E-state index contributed by atoms with van der Waals surface area (Å²) in [5, 5.41) is 10.3. The van der Waals surface area contributed by atoms with E-state index in [1.165, 1.54) is 0 Å². The van der Waals surface area contributed by atoms with Crippen LogP contribution in [0.25, 0.3) is 22.2 Å². The number of aromatic nitrogens is 3. The highest BCUT2D eigenvalue weighted by atomic mass is 16.5. The van der Waals surface area contributed by atoms with Gasteiger partial charge >= 0.3 is 5.97 Å². The number of anilines is 1. The van der Waals surface area contributed by atoms with Crippen molar-refractivity contribution in [3.05, 3.63) is 42.4 Å². The maximum Gasteiger partial charge on any atom is 0.306 e. The lowest BCUT2D eigenvalue weighted by Crippen LogP contribution is -2.37. The fourth-order valence-electron chi connectivity index (χ4n) is 4.14. The second kappa shape index (κ2) is 9.91. The van der Waals surface area contributed by atoms with Crippen LogP contribution in [-0.4, -0.2) is 59.9 Å². The van der Waals surface area contributed by atoms with E-state index in [1.54, 1.807) is 20.4 Å². The summed E-state index contributed by atoms with van der Waals surface area (Å²) in [6.45, 7) is 1.94. The minimum atomic E-state index is -0.724. The Morgan fingerprint density at radius 2 is 2.00 bits per heavy atom. The molecule has 0 bridgehead atoms. The number of fused-ring (bicyclic) bond motifs is 1. The third-order valence-electron chi connectivity index (χ3n) is 5.93. The van der Waals surface area contributed by atoms with Crippen LogP contribution in [0, 0.1) is 5.92 Å². The Morgan fingerprint density at radius 1 is 1.19 bits per heavy atom. The van der Waals surface area contributed by atoms with Gasteiger partial charge in [0.05, 0.1) is 24.2 Å². The number of pyridine rings is 1. The van der Waals surface area contributed by atoms with Crippen molar-refractivity contribution < 1.29 is 19.4 Å². The average molecular weight is 437 g/mol. The van der Waals surface area contributed by atoms with Crippen molar-refractivity contribution in [1.29, 1.82) is 0 Å². The van der Waals surface area contributed by atoms with Gasteiger partial charge in [0, 0.05) is 56.2 Å². The van der Waals surface area contributed by atoms with E-state index in [1.807, 2.05) is 30.5 Å². The monoisotopic (exact) mass is 436 g/mol. The van der Waals surface area contributed by atoms with E-state index in [-0.39, 0.29) is 5.92 Å². The fourth-order valence-corrected chi connectivity index (χ4v) is 4.14. The summed E-state index contributed by atoms with van der Waals surface area (Å²) in [5.41, 5.74) is 3.46. The number of carboxylic acid groups (broad SMARTS) is 1. The molecule has 0 atom stereocenters. The van der Waals surface area contributed by atoms with Gasteiger partial charge in [-0.1, -0.05) is 0 Å². The van der Waals surface area contributed by atoms with Crippen LogP contribution in [0.5, 0.6) is 5.75 Å². The summed E-state index contributed by atoms with van der Waals surface area (Å²) in [7, 11) is 3.33. The number of ether oxygens (including phenoxy) is 2. The van der Waals surface area contributed by atoms with Gasteiger partial charge in [0.2, 0.25) is 0 Å². The maximum absolute atomic E-state index is 11.4. The van der Waals surface area contributed by atoms with Crippen LogP contribution in [-0.2, 0) is 16.0 Å². The normalized spacial score (nSPS) is 14.6. The molecule has 1 aliphatic rings. The molecule has 0 saturated carbocycles. The average Bonchev–Trinajstić information content (AvgIpc) is 2.83. The summed E-state index contributed by atoms with van der Waals surface area (Å²) >= 11 is 0. The van der Waals surface area contributed by atoms with Gasteiger partial charge in [-0.15, -0.1) is 0 Å². The van der Waals surface area contributed by atoms with Crippen molar-refractivity contribution in [2.45, 2.75) is 25.7 Å². The van der Waals surface area contributed by atoms with Gasteiger partial charge in [-0.2, -0.15) is 0 Å². The standard InChI is InChI=1S/C24H28N4O4/c1-31-13-3-4-17-15-26-22(23(27-17)28-11-8-16(9-12-28)24(29)30)20-7-10-25-21-14-18(32-2)5-6-19(20)21/h5-7,10,14-16H,3-4,8-9,11-13H2,1-2H3,(H,29,30). The number of carbonyl (C=O) groups is 1. The van der Waals surface area contributed by atoms with E-state index in [2.05, 4.69) is 9.88 Å². The molecule has 168 valence electrons. The molecule has 3 heterocycles. The van der Waals surface area contributed by atoms with E-state index < -0.39 is 5.97 Å². The highest BCUT2D eigenvalue weighted by Crippen LogP contribution is 2.35. The molecule has 0 unspecified atom stereocenters. The lowest BCUT2D eigenvalue weighted by atomic mass is 9.96. The quantitative estimate of drug-likeness (QED) is 0.535. The number of nitrogens with zero attached hydrogens (tertiary/aromatic N) is 4. The third kappa shape index (κ3) is 4.65. The number of benzene rings is 1. The molecule has 0 spiro atoms. The van der Waals surface area contributed by atoms with Crippen molar-refractivity contribution in [3.63, 3.8) is 0 Å². The highest BCUT2D eigenvalue weighted by Gasteiger charge is 2.27. The van der Waals surface area contributed by atoms with Crippen molar-refractivity contribution in [2.24, 2.45) is 5.92 Å². The number of aliphatic carboxylic acids is 1. The van der Waals surface area contributed by atoms with Crippen molar-refractivity contribution >= 4 is 22.7 Å².